The fraction of sp³-hybridized carbons (Fsp3) is 0.857. The molecule has 0 bridgehead atoms. The summed E-state index contributed by atoms with van der Waals surface area (Å²) in [5, 5.41) is 5.01. The first-order valence-electron chi connectivity index (χ1n) is 8.53. The van der Waals surface area contributed by atoms with Crippen molar-refractivity contribution in [2.75, 3.05) is 51.8 Å². The molecule has 154 valence electrons. The molecule has 10 nitrogen and oxygen atoms in total. The zero-order valence-electron chi connectivity index (χ0n) is 15.8. The second-order valence-corrected chi connectivity index (χ2v) is 9.02. The van der Waals surface area contributed by atoms with E-state index in [9.17, 15) is 18.7 Å². The summed E-state index contributed by atoms with van der Waals surface area (Å²) in [5.74, 6) is -1.03. The summed E-state index contributed by atoms with van der Waals surface area (Å²) in [7, 11) is -6.91. The van der Waals surface area contributed by atoms with Crippen LogP contribution in [0.25, 0.3) is 0 Å². The minimum Gasteiger partial charge on any atom is -0.354 e. The van der Waals surface area contributed by atoms with Crippen molar-refractivity contribution in [2.45, 2.75) is 27.7 Å². The van der Waals surface area contributed by atoms with E-state index in [0.717, 1.165) is 0 Å². The summed E-state index contributed by atoms with van der Waals surface area (Å²) in [5.41, 5.74) is 0. The van der Waals surface area contributed by atoms with E-state index in [1.165, 1.54) is 0 Å². The summed E-state index contributed by atoms with van der Waals surface area (Å²) in [6.07, 6.45) is -0.793. The van der Waals surface area contributed by atoms with E-state index in [0.29, 0.717) is 0 Å². The summed E-state index contributed by atoms with van der Waals surface area (Å²) in [4.78, 5) is 23.6. The Bertz CT molecular complexity index is 463. The molecule has 0 aliphatic rings. The normalized spacial score (nSPS) is 12.0. The molecule has 0 saturated carbocycles. The van der Waals surface area contributed by atoms with Crippen molar-refractivity contribution in [3.63, 3.8) is 0 Å². The molecular formula is C14H30N2O8P2. The maximum Gasteiger partial charge on any atom is 0.340 e. The number of carbonyl (C=O) groups is 2. The van der Waals surface area contributed by atoms with Gasteiger partial charge in [0, 0.05) is 13.1 Å². The van der Waals surface area contributed by atoms with E-state index < -0.39 is 39.3 Å². The third-order valence-corrected chi connectivity index (χ3v) is 6.70. The summed E-state index contributed by atoms with van der Waals surface area (Å²) >= 11 is 0. The lowest BCUT2D eigenvalue weighted by Crippen LogP contribution is -2.37. The molecule has 0 radical (unpaired) electrons. The lowest BCUT2D eigenvalue weighted by molar-refractivity contribution is -0.120. The Balaban J connectivity index is 4.24. The van der Waals surface area contributed by atoms with Crippen molar-refractivity contribution in [2.24, 2.45) is 0 Å². The number of hydrogen-bond donors (Lipinski definition) is 2. The number of hydrogen-bond acceptors (Lipinski definition) is 8. The minimum atomic E-state index is -3.46. The van der Waals surface area contributed by atoms with Crippen LogP contribution in [0.15, 0.2) is 0 Å². The molecule has 2 N–H and O–H groups in total. The molecule has 0 aromatic heterocycles. The third kappa shape index (κ3) is 11.1. The molecular weight excluding hydrogens is 386 g/mol. The lowest BCUT2D eigenvalue weighted by atomic mass is 10.5. The molecule has 0 saturated heterocycles. The lowest BCUT2D eigenvalue weighted by Gasteiger charge is -2.17. The fourth-order valence-electron chi connectivity index (χ4n) is 1.91. The van der Waals surface area contributed by atoms with Crippen LogP contribution in [0.1, 0.15) is 27.7 Å². The second kappa shape index (κ2) is 13.4. The van der Waals surface area contributed by atoms with Gasteiger partial charge in [-0.25, -0.2) is 0 Å². The average molecular weight is 416 g/mol. The topological polar surface area (TPSA) is 129 Å². The van der Waals surface area contributed by atoms with Gasteiger partial charge in [0.05, 0.1) is 26.4 Å². The van der Waals surface area contributed by atoms with Gasteiger partial charge in [-0.15, -0.1) is 0 Å². The van der Waals surface area contributed by atoms with Crippen LogP contribution in [-0.2, 0) is 36.8 Å². The zero-order chi connectivity index (χ0) is 20.1. The van der Waals surface area contributed by atoms with Crippen molar-refractivity contribution in [3.8, 4) is 0 Å². The van der Waals surface area contributed by atoms with E-state index in [1.807, 2.05) is 0 Å². The number of nitrogens with one attached hydrogen (secondary N) is 2. The molecule has 0 aromatic rings. The predicted molar refractivity (Wildman–Crippen MR) is 97.5 cm³/mol. The molecule has 0 heterocycles. The van der Waals surface area contributed by atoms with E-state index in [1.54, 1.807) is 27.7 Å². The van der Waals surface area contributed by atoms with Gasteiger partial charge in [0.2, 0.25) is 11.8 Å². The van der Waals surface area contributed by atoms with Crippen molar-refractivity contribution < 1.29 is 36.8 Å². The van der Waals surface area contributed by atoms with Gasteiger partial charge in [0.25, 0.3) is 0 Å². The summed E-state index contributed by atoms with van der Waals surface area (Å²) < 4.78 is 44.5. The standard InChI is InChI=1S/C14H30N2O8P2/c1-5-21-25(19,22-6-2)11-13(17)15-9-10-16-14(18)12-26(20,23-7-3)24-8-4/h5-12H2,1-4H3,(H,15,17)(H,16,18). The summed E-state index contributed by atoms with van der Waals surface area (Å²) in [6, 6.07) is 0. The van der Waals surface area contributed by atoms with Gasteiger partial charge < -0.3 is 28.7 Å². The highest BCUT2D eigenvalue weighted by molar-refractivity contribution is 7.55. The first-order valence-corrected chi connectivity index (χ1v) is 12.0. The highest BCUT2D eigenvalue weighted by Gasteiger charge is 2.28. The van der Waals surface area contributed by atoms with Crippen molar-refractivity contribution in [1.29, 1.82) is 0 Å². The smallest absolute Gasteiger partial charge is 0.340 e. The van der Waals surface area contributed by atoms with E-state index >= 15 is 0 Å². The van der Waals surface area contributed by atoms with Crippen molar-refractivity contribution in [1.82, 2.24) is 10.6 Å². The maximum atomic E-state index is 12.2. The molecule has 0 aliphatic heterocycles. The quantitative estimate of drug-likeness (QED) is 0.305. The van der Waals surface area contributed by atoms with Gasteiger partial charge in [0.1, 0.15) is 12.3 Å². The first-order chi connectivity index (χ1) is 12.2. The largest absolute Gasteiger partial charge is 0.354 e. The molecule has 0 fully saturated rings. The van der Waals surface area contributed by atoms with Crippen LogP contribution < -0.4 is 10.6 Å². The third-order valence-electron chi connectivity index (χ3n) is 2.75. The van der Waals surface area contributed by atoms with Crippen LogP contribution in [0.4, 0.5) is 0 Å². The first kappa shape index (κ1) is 25.2. The minimum absolute atomic E-state index is 0.108. The van der Waals surface area contributed by atoms with Gasteiger partial charge in [0.15, 0.2) is 0 Å². The van der Waals surface area contributed by atoms with Crippen molar-refractivity contribution >= 4 is 27.0 Å². The van der Waals surface area contributed by atoms with Gasteiger partial charge in [-0.2, -0.15) is 0 Å². The highest BCUT2D eigenvalue weighted by atomic mass is 31.2. The Kier molecular flexibility index (Phi) is 13.0. The molecule has 0 atom stereocenters. The second-order valence-electron chi connectivity index (χ2n) is 4.91. The Morgan fingerprint density at radius 2 is 0.923 bits per heavy atom. The Morgan fingerprint density at radius 1 is 0.654 bits per heavy atom. The van der Waals surface area contributed by atoms with Crippen LogP contribution in [0.3, 0.4) is 0 Å². The average Bonchev–Trinajstić information content (AvgIpc) is 2.52. The van der Waals surface area contributed by atoms with Crippen LogP contribution in [0.5, 0.6) is 0 Å². The zero-order valence-corrected chi connectivity index (χ0v) is 17.6. The van der Waals surface area contributed by atoms with Gasteiger partial charge >= 0.3 is 15.2 Å². The molecule has 26 heavy (non-hydrogen) atoms. The Labute approximate surface area is 154 Å². The fourth-order valence-corrected chi connectivity index (χ4v) is 4.93. The number of carbonyl (C=O) groups excluding carboxylic acids is 2. The van der Waals surface area contributed by atoms with E-state index in [4.69, 9.17) is 18.1 Å². The van der Waals surface area contributed by atoms with E-state index in [2.05, 4.69) is 10.6 Å². The van der Waals surface area contributed by atoms with Gasteiger partial charge in [-0.05, 0) is 27.7 Å². The van der Waals surface area contributed by atoms with Crippen LogP contribution in [-0.4, -0.2) is 63.7 Å². The molecule has 0 aliphatic carbocycles. The monoisotopic (exact) mass is 416 g/mol. The number of amides is 2. The predicted octanol–water partition coefficient (Wildman–Crippen LogP) is 1.75. The van der Waals surface area contributed by atoms with Crippen LogP contribution in [0.2, 0.25) is 0 Å². The highest BCUT2D eigenvalue weighted by Crippen LogP contribution is 2.48. The molecule has 2 amide bonds. The number of rotatable bonds is 15. The Morgan fingerprint density at radius 3 is 1.15 bits per heavy atom. The molecule has 0 unspecified atom stereocenters. The van der Waals surface area contributed by atoms with Crippen molar-refractivity contribution in [3.05, 3.63) is 0 Å². The van der Waals surface area contributed by atoms with Gasteiger partial charge in [-0.3, -0.25) is 18.7 Å². The molecule has 0 spiro atoms. The Hall–Kier alpha value is -0.760. The van der Waals surface area contributed by atoms with Crippen LogP contribution in [0, 0.1) is 0 Å². The molecule has 0 aromatic carbocycles. The van der Waals surface area contributed by atoms with Gasteiger partial charge in [-0.1, -0.05) is 0 Å². The van der Waals surface area contributed by atoms with Crippen LogP contribution >= 0.6 is 15.2 Å². The molecule has 0 rings (SSSR count). The molecule has 12 heteroatoms. The maximum absolute atomic E-state index is 12.2. The SMILES string of the molecule is CCOP(=O)(CC(=O)NCCNC(=O)CP(=O)(OCC)OCC)OCC. The summed E-state index contributed by atoms with van der Waals surface area (Å²) in [6.45, 7) is 7.50. The van der Waals surface area contributed by atoms with E-state index in [-0.39, 0.29) is 39.5 Å².